The maximum absolute atomic E-state index is 13.1. The molecule has 1 saturated heterocycles. The highest BCUT2D eigenvalue weighted by atomic mass is 32.1. The molecule has 2 aromatic rings. The van der Waals surface area contributed by atoms with Gasteiger partial charge in [0.05, 0.1) is 5.56 Å². The molecule has 0 saturated carbocycles. The van der Waals surface area contributed by atoms with Crippen molar-refractivity contribution < 1.29 is 24.2 Å². The molecule has 1 aliphatic carbocycles. The molecule has 2 aliphatic rings. The first kappa shape index (κ1) is 28.9. The minimum absolute atomic E-state index is 0.0156. The molecule has 0 unspecified atom stereocenters. The Labute approximate surface area is 235 Å². The van der Waals surface area contributed by atoms with Crippen molar-refractivity contribution in [2.45, 2.75) is 91.2 Å². The maximum Gasteiger partial charge on any atom is 0.410 e. The number of ether oxygens (including phenoxy) is 1. The molecule has 3 N–H and O–H groups in total. The fraction of sp³-hybridized carbons (Fsp3) is 0.567. The fourth-order valence-electron chi connectivity index (χ4n) is 5.97. The van der Waals surface area contributed by atoms with Crippen LogP contribution in [-0.4, -0.2) is 52.7 Å². The van der Waals surface area contributed by atoms with E-state index in [1.165, 1.54) is 11.3 Å². The number of hydrogen-bond donors (Lipinski definition) is 3. The van der Waals surface area contributed by atoms with Crippen LogP contribution in [0.5, 0.6) is 0 Å². The zero-order valence-corrected chi connectivity index (χ0v) is 24.9. The lowest BCUT2D eigenvalue weighted by Crippen LogP contribution is -2.44. The summed E-state index contributed by atoms with van der Waals surface area (Å²) in [6, 6.07) is 7.42. The lowest BCUT2D eigenvalue weighted by molar-refractivity contribution is 0.0210. The molecular formula is C30H41N3O5S. The molecule has 1 aliphatic heterocycles. The third-order valence-corrected chi connectivity index (χ3v) is 8.82. The van der Waals surface area contributed by atoms with Gasteiger partial charge in [0, 0.05) is 35.3 Å². The summed E-state index contributed by atoms with van der Waals surface area (Å²) in [5, 5.41) is 16.8. The van der Waals surface area contributed by atoms with E-state index in [4.69, 9.17) is 4.74 Å². The zero-order chi connectivity index (χ0) is 28.8. The minimum atomic E-state index is -1.01. The molecule has 2 amide bonds. The van der Waals surface area contributed by atoms with E-state index in [1.807, 2.05) is 32.9 Å². The number of hydrogen-bond acceptors (Lipinski definition) is 6. The van der Waals surface area contributed by atoms with Crippen LogP contribution in [0.4, 0.5) is 15.5 Å². The molecule has 0 spiro atoms. The normalized spacial score (nSPS) is 18.7. The van der Waals surface area contributed by atoms with Crippen LogP contribution >= 0.6 is 11.3 Å². The summed E-state index contributed by atoms with van der Waals surface area (Å²) < 4.78 is 5.47. The number of amides is 2. The summed E-state index contributed by atoms with van der Waals surface area (Å²) in [4.78, 5) is 40.5. The zero-order valence-electron chi connectivity index (χ0n) is 24.1. The van der Waals surface area contributed by atoms with Crippen molar-refractivity contribution in [2.24, 2.45) is 5.41 Å². The number of aromatic carboxylic acids is 1. The van der Waals surface area contributed by atoms with E-state index >= 15 is 0 Å². The van der Waals surface area contributed by atoms with Gasteiger partial charge in [-0.15, -0.1) is 11.3 Å². The summed E-state index contributed by atoms with van der Waals surface area (Å²) in [5.41, 5.74) is 1.74. The highest BCUT2D eigenvalue weighted by molar-refractivity contribution is 7.17. The number of nitrogens with one attached hydrogen (secondary N) is 2. The Morgan fingerprint density at radius 3 is 2.23 bits per heavy atom. The van der Waals surface area contributed by atoms with Crippen LogP contribution in [0, 0.1) is 5.41 Å². The predicted molar refractivity (Wildman–Crippen MR) is 155 cm³/mol. The van der Waals surface area contributed by atoms with Crippen molar-refractivity contribution in [1.29, 1.82) is 0 Å². The molecule has 1 aromatic heterocycles. The van der Waals surface area contributed by atoms with Crippen LogP contribution < -0.4 is 10.6 Å². The number of thiophene rings is 1. The second kappa shape index (κ2) is 10.5. The van der Waals surface area contributed by atoms with Crippen molar-refractivity contribution in [2.75, 3.05) is 23.7 Å². The van der Waals surface area contributed by atoms with Crippen molar-refractivity contribution in [3.63, 3.8) is 0 Å². The lowest BCUT2D eigenvalue weighted by atomic mass is 9.65. The number of carbonyl (C=O) groups excluding carboxylic acids is 2. The molecule has 2 heterocycles. The highest BCUT2D eigenvalue weighted by Crippen LogP contribution is 2.52. The Morgan fingerprint density at radius 1 is 1.05 bits per heavy atom. The average molecular weight is 556 g/mol. The van der Waals surface area contributed by atoms with Gasteiger partial charge in [-0.1, -0.05) is 27.7 Å². The van der Waals surface area contributed by atoms with Gasteiger partial charge < -0.3 is 25.4 Å². The van der Waals surface area contributed by atoms with E-state index in [9.17, 15) is 19.5 Å². The molecule has 0 radical (unpaired) electrons. The fourth-order valence-corrected chi connectivity index (χ4v) is 7.28. The average Bonchev–Trinajstić information content (AvgIpc) is 3.16. The first-order valence-corrected chi connectivity index (χ1v) is 14.4. The molecule has 212 valence electrons. The second-order valence-corrected chi connectivity index (χ2v) is 14.3. The first-order valence-electron chi connectivity index (χ1n) is 13.6. The Kier molecular flexibility index (Phi) is 7.78. The summed E-state index contributed by atoms with van der Waals surface area (Å²) >= 11 is 1.39. The first-order chi connectivity index (χ1) is 18.0. The van der Waals surface area contributed by atoms with Gasteiger partial charge in [-0.25, -0.2) is 9.59 Å². The van der Waals surface area contributed by atoms with Crippen molar-refractivity contribution in [3.05, 3.63) is 45.8 Å². The number of likely N-dealkylation sites (tertiary alicyclic amines) is 1. The Bertz CT molecular complexity index is 1250. The smallest absolute Gasteiger partial charge is 0.410 e. The summed E-state index contributed by atoms with van der Waals surface area (Å²) in [5.74, 6) is -1.33. The number of rotatable bonds is 5. The Balaban J connectivity index is 1.40. The SMILES string of the molecule is CC1(C)Cc2c(sc(NC(=O)c3ccc(NC4CCN(C(=O)OC(C)(C)C)CC4)cc3)c2C(=O)O)C(C)(C)C1. The van der Waals surface area contributed by atoms with Gasteiger partial charge in [0.15, 0.2) is 0 Å². The molecule has 9 heteroatoms. The molecular weight excluding hydrogens is 514 g/mol. The van der Waals surface area contributed by atoms with Gasteiger partial charge in [-0.2, -0.15) is 0 Å². The van der Waals surface area contributed by atoms with Crippen LogP contribution in [0.3, 0.4) is 0 Å². The van der Waals surface area contributed by atoms with Crippen molar-refractivity contribution >= 4 is 40.0 Å². The van der Waals surface area contributed by atoms with Gasteiger partial charge in [0.2, 0.25) is 0 Å². The van der Waals surface area contributed by atoms with Crippen LogP contribution in [0.2, 0.25) is 0 Å². The maximum atomic E-state index is 13.1. The molecule has 39 heavy (non-hydrogen) atoms. The molecule has 1 fully saturated rings. The van der Waals surface area contributed by atoms with Crippen LogP contribution in [0.25, 0.3) is 0 Å². The number of carboxylic acids is 1. The van der Waals surface area contributed by atoms with Gasteiger partial charge >= 0.3 is 12.1 Å². The van der Waals surface area contributed by atoms with E-state index in [0.29, 0.717) is 30.1 Å². The van der Waals surface area contributed by atoms with Gasteiger partial charge in [-0.3, -0.25) is 4.79 Å². The van der Waals surface area contributed by atoms with Crippen LogP contribution in [0.1, 0.15) is 98.9 Å². The van der Waals surface area contributed by atoms with E-state index in [1.54, 1.807) is 17.0 Å². The van der Waals surface area contributed by atoms with E-state index in [0.717, 1.165) is 35.4 Å². The number of carboxylic acid groups (broad SMARTS) is 1. The largest absolute Gasteiger partial charge is 0.478 e. The van der Waals surface area contributed by atoms with Crippen molar-refractivity contribution in [3.8, 4) is 0 Å². The van der Waals surface area contributed by atoms with E-state index in [-0.39, 0.29) is 34.4 Å². The number of carbonyl (C=O) groups is 3. The third-order valence-electron chi connectivity index (χ3n) is 7.30. The Morgan fingerprint density at radius 2 is 1.67 bits per heavy atom. The quantitative estimate of drug-likeness (QED) is 0.376. The predicted octanol–water partition coefficient (Wildman–Crippen LogP) is 6.76. The van der Waals surface area contributed by atoms with E-state index in [2.05, 4.69) is 38.3 Å². The lowest BCUT2D eigenvalue weighted by Gasteiger charge is -2.40. The molecule has 1 aromatic carbocycles. The topological polar surface area (TPSA) is 108 Å². The Hall–Kier alpha value is -3.07. The van der Waals surface area contributed by atoms with Crippen molar-refractivity contribution in [1.82, 2.24) is 4.90 Å². The monoisotopic (exact) mass is 555 g/mol. The number of nitrogens with zero attached hydrogens (tertiary/aromatic N) is 1. The molecule has 8 nitrogen and oxygen atoms in total. The third kappa shape index (κ3) is 6.75. The highest BCUT2D eigenvalue weighted by Gasteiger charge is 2.42. The standard InChI is InChI=1S/C30H41N3O5S/c1-28(2,3)38-27(37)33-14-12-20(13-15-33)31-19-10-8-18(9-11-19)24(34)32-25-22(26(35)36)21-16-29(4,5)17-30(6,7)23(21)39-25/h8-11,20,31H,12-17H2,1-7H3,(H,32,34)(H,35,36). The van der Waals surface area contributed by atoms with Gasteiger partial charge in [0.25, 0.3) is 5.91 Å². The number of fused-ring (bicyclic) bond motifs is 1. The molecule has 0 atom stereocenters. The summed E-state index contributed by atoms with van der Waals surface area (Å²) in [6.45, 7) is 15.5. The van der Waals surface area contributed by atoms with Crippen LogP contribution in [-0.2, 0) is 16.6 Å². The van der Waals surface area contributed by atoms with Gasteiger partial charge in [0.1, 0.15) is 10.6 Å². The number of anilines is 2. The molecule has 0 bridgehead atoms. The summed E-state index contributed by atoms with van der Waals surface area (Å²) in [7, 11) is 0. The number of benzene rings is 1. The second-order valence-electron chi connectivity index (χ2n) is 13.2. The van der Waals surface area contributed by atoms with Gasteiger partial charge in [-0.05, 0) is 87.1 Å². The minimum Gasteiger partial charge on any atom is -0.478 e. The number of piperidine rings is 1. The van der Waals surface area contributed by atoms with Crippen LogP contribution in [0.15, 0.2) is 24.3 Å². The van der Waals surface area contributed by atoms with E-state index < -0.39 is 11.6 Å². The molecule has 4 rings (SSSR count). The summed E-state index contributed by atoms with van der Waals surface area (Å²) in [6.07, 6.45) is 2.96.